The van der Waals surface area contributed by atoms with E-state index < -0.39 is 22.5 Å². The molecule has 0 amide bonds. The molecule has 1 N–H and O–H groups in total. The third-order valence-electron chi connectivity index (χ3n) is 2.24. The van der Waals surface area contributed by atoms with Crippen molar-refractivity contribution in [2.45, 2.75) is 18.1 Å². The Morgan fingerprint density at radius 3 is 2.40 bits per heavy atom. The van der Waals surface area contributed by atoms with Gasteiger partial charge < -0.3 is 5.02 Å². The van der Waals surface area contributed by atoms with Gasteiger partial charge in [0.15, 0.2) is 0 Å². The third kappa shape index (κ3) is 2.59. The second-order valence-electron chi connectivity index (χ2n) is 3.55. The van der Waals surface area contributed by atoms with E-state index in [1.807, 2.05) is 0 Å². The molecule has 0 atom stereocenters. The summed E-state index contributed by atoms with van der Waals surface area (Å²) >= 11 is 0. The van der Waals surface area contributed by atoms with Gasteiger partial charge in [0.05, 0.1) is 5.25 Å². The second-order valence-corrected chi connectivity index (χ2v) is 5.40. The molecule has 1 aliphatic rings. The van der Waals surface area contributed by atoms with Crippen LogP contribution in [0.5, 0.6) is 0 Å². The summed E-state index contributed by atoms with van der Waals surface area (Å²) in [4.78, 5) is 0. The highest BCUT2D eigenvalue weighted by Gasteiger charge is 2.39. The Bertz CT molecular complexity index is 427. The molecule has 1 aliphatic carbocycles. The monoisotopic (exact) mass is 226 g/mol. The van der Waals surface area contributed by atoms with Crippen LogP contribution in [-0.4, -0.2) is 25.8 Å². The first-order chi connectivity index (χ1) is 7.09. The van der Waals surface area contributed by atoms with Gasteiger partial charge in [-0.25, -0.2) is 8.42 Å². The number of hydrogen-bond acceptors (Lipinski definition) is 4. The first kappa shape index (κ1) is 10.7. The van der Waals surface area contributed by atoms with Crippen molar-refractivity contribution in [3.8, 4) is 0 Å². The van der Waals surface area contributed by atoms with Gasteiger partial charge in [0, 0.05) is 0 Å². The van der Waals surface area contributed by atoms with Gasteiger partial charge in [-0.15, -0.1) is 0 Å². The van der Waals surface area contributed by atoms with Gasteiger partial charge in [0.25, 0.3) is 10.1 Å². The van der Waals surface area contributed by atoms with Crippen LogP contribution in [0.25, 0.3) is 0 Å². The number of benzene rings is 1. The molecule has 4 nitrogen and oxygen atoms in total. The molecule has 6 heteroatoms. The molecule has 15 heavy (non-hydrogen) atoms. The van der Waals surface area contributed by atoms with Crippen LogP contribution in [-0.2, 0) is 14.2 Å². The molecule has 1 aromatic rings. The molecule has 2 rings (SSSR count). The van der Waals surface area contributed by atoms with Crippen LogP contribution in [0.1, 0.15) is 12.8 Å². The lowest BCUT2D eigenvalue weighted by Gasteiger charge is -2.07. The quantitative estimate of drug-likeness (QED) is 0.727. The summed E-state index contributed by atoms with van der Waals surface area (Å²) in [6, 6.07) is 8.45. The van der Waals surface area contributed by atoms with Crippen LogP contribution in [0.4, 0.5) is 0 Å². The lowest BCUT2D eigenvalue weighted by atomic mass is 9.80. The predicted octanol–water partition coefficient (Wildman–Crippen LogP) is -0.117. The lowest BCUT2D eigenvalue weighted by Crippen LogP contribution is -2.36. The van der Waals surface area contributed by atoms with E-state index in [1.165, 1.54) is 0 Å². The Labute approximate surface area is 89.2 Å². The minimum absolute atomic E-state index is 0.420. The molecular formula is C9H11BO4S. The van der Waals surface area contributed by atoms with Crippen molar-refractivity contribution in [3.63, 3.8) is 0 Å². The summed E-state index contributed by atoms with van der Waals surface area (Å²) in [6.07, 6.45) is 1.26. The molecule has 0 heterocycles. The zero-order valence-corrected chi connectivity index (χ0v) is 8.85. The average molecular weight is 226 g/mol. The first-order valence-corrected chi connectivity index (χ1v) is 6.22. The smallest absolute Gasteiger partial charge is 0.422 e. The summed E-state index contributed by atoms with van der Waals surface area (Å²) in [5, 5.41) is 9.11. The van der Waals surface area contributed by atoms with E-state index in [0.29, 0.717) is 18.3 Å². The summed E-state index contributed by atoms with van der Waals surface area (Å²) < 4.78 is 27.5. The van der Waals surface area contributed by atoms with Crippen LogP contribution in [0.15, 0.2) is 30.3 Å². The molecule has 0 saturated heterocycles. The SMILES string of the molecule is O=S(=O)(OB(O)c1ccccc1)C1CC1. The molecule has 1 fully saturated rings. The molecule has 1 saturated carbocycles. The van der Waals surface area contributed by atoms with Crippen LogP contribution in [0.2, 0.25) is 0 Å². The highest BCUT2D eigenvalue weighted by atomic mass is 32.2. The van der Waals surface area contributed by atoms with Gasteiger partial charge in [-0.3, -0.25) is 4.10 Å². The average Bonchev–Trinajstić information content (AvgIpc) is 3.01. The van der Waals surface area contributed by atoms with E-state index in [0.717, 1.165) is 0 Å². The molecule has 0 spiro atoms. The summed E-state index contributed by atoms with van der Waals surface area (Å²) in [5.41, 5.74) is 0.446. The van der Waals surface area contributed by atoms with Gasteiger partial charge in [0.2, 0.25) is 0 Å². The molecule has 0 bridgehead atoms. The topological polar surface area (TPSA) is 63.6 Å². The van der Waals surface area contributed by atoms with Crippen molar-refractivity contribution in [2.24, 2.45) is 0 Å². The zero-order valence-electron chi connectivity index (χ0n) is 8.04. The summed E-state index contributed by atoms with van der Waals surface area (Å²) in [5.74, 6) is 0. The molecule has 0 aromatic heterocycles. The molecule has 0 unspecified atom stereocenters. The highest BCUT2D eigenvalue weighted by molar-refractivity contribution is 7.88. The fourth-order valence-corrected chi connectivity index (χ4v) is 2.47. The molecule has 1 aromatic carbocycles. The van der Waals surface area contributed by atoms with E-state index in [2.05, 4.69) is 4.10 Å². The Balaban J connectivity index is 2.07. The zero-order chi connectivity index (χ0) is 10.9. The van der Waals surface area contributed by atoms with Gasteiger partial charge in [-0.1, -0.05) is 30.3 Å². The van der Waals surface area contributed by atoms with E-state index in [-0.39, 0.29) is 0 Å². The maximum atomic E-state index is 11.4. The van der Waals surface area contributed by atoms with Gasteiger partial charge in [-0.05, 0) is 18.3 Å². The predicted molar refractivity (Wildman–Crippen MR) is 57.1 cm³/mol. The van der Waals surface area contributed by atoms with E-state index in [1.54, 1.807) is 30.3 Å². The molecule has 0 radical (unpaired) electrons. The fourth-order valence-electron chi connectivity index (χ4n) is 1.24. The maximum Gasteiger partial charge on any atom is 0.506 e. The highest BCUT2D eigenvalue weighted by Crippen LogP contribution is 2.29. The van der Waals surface area contributed by atoms with Crippen molar-refractivity contribution in [1.82, 2.24) is 0 Å². The number of hydrogen-bond donors (Lipinski definition) is 1. The maximum absolute atomic E-state index is 11.4. The van der Waals surface area contributed by atoms with E-state index in [4.69, 9.17) is 0 Å². The Morgan fingerprint density at radius 2 is 1.87 bits per heavy atom. The van der Waals surface area contributed by atoms with Crippen LogP contribution in [0, 0.1) is 0 Å². The van der Waals surface area contributed by atoms with Gasteiger partial charge in [-0.2, -0.15) is 0 Å². The minimum Gasteiger partial charge on any atom is -0.422 e. The Kier molecular flexibility index (Phi) is 2.82. The van der Waals surface area contributed by atoms with Crippen molar-refractivity contribution < 1.29 is 17.5 Å². The van der Waals surface area contributed by atoms with Crippen molar-refractivity contribution in [3.05, 3.63) is 30.3 Å². The van der Waals surface area contributed by atoms with Crippen LogP contribution in [0.3, 0.4) is 0 Å². The number of rotatable bonds is 4. The summed E-state index contributed by atoms with van der Waals surface area (Å²) in [7, 11) is -4.98. The molecular weight excluding hydrogens is 215 g/mol. The van der Waals surface area contributed by atoms with E-state index in [9.17, 15) is 13.4 Å². The van der Waals surface area contributed by atoms with Crippen molar-refractivity contribution in [1.29, 1.82) is 0 Å². The summed E-state index contributed by atoms with van der Waals surface area (Å²) in [6.45, 7) is 0. The molecule has 0 aliphatic heterocycles. The van der Waals surface area contributed by atoms with Gasteiger partial charge in [0.1, 0.15) is 0 Å². The van der Waals surface area contributed by atoms with Crippen molar-refractivity contribution in [2.75, 3.05) is 0 Å². The minimum atomic E-state index is -3.58. The Hall–Kier alpha value is -0.845. The van der Waals surface area contributed by atoms with Crippen LogP contribution < -0.4 is 5.46 Å². The van der Waals surface area contributed by atoms with Crippen molar-refractivity contribution >= 4 is 22.7 Å². The second kappa shape index (κ2) is 3.96. The lowest BCUT2D eigenvalue weighted by molar-refractivity contribution is 0.418. The Morgan fingerprint density at radius 1 is 1.27 bits per heavy atom. The normalized spacial score (nSPS) is 16.3. The third-order valence-corrected chi connectivity index (χ3v) is 3.98. The van der Waals surface area contributed by atoms with Crippen LogP contribution >= 0.6 is 0 Å². The van der Waals surface area contributed by atoms with Gasteiger partial charge >= 0.3 is 7.12 Å². The first-order valence-electron chi connectivity index (χ1n) is 4.75. The van der Waals surface area contributed by atoms with E-state index >= 15 is 0 Å². The fraction of sp³-hybridized carbons (Fsp3) is 0.333. The molecule has 80 valence electrons. The largest absolute Gasteiger partial charge is 0.506 e. The standard InChI is InChI=1S/C9H11BO4S/c11-10(8-4-2-1-3-5-8)14-15(12,13)9-6-7-9/h1-5,9,11H,6-7H2.